The Hall–Kier alpha value is -0.920. The molecule has 0 aromatic heterocycles. The molecule has 0 radical (unpaired) electrons. The van der Waals surface area contributed by atoms with Crippen molar-refractivity contribution in [2.75, 3.05) is 13.1 Å². The molecule has 120 valence electrons. The number of sulfonamides is 1. The summed E-state index contributed by atoms with van der Waals surface area (Å²) in [6, 6.07) is 6.92. The number of halogens is 1. The number of benzene rings is 1. The average molecular weight is 387 g/mol. The van der Waals surface area contributed by atoms with Gasteiger partial charge in [0.25, 0.3) is 0 Å². The van der Waals surface area contributed by atoms with Crippen LogP contribution in [0.2, 0.25) is 0 Å². The molecule has 1 aromatic carbocycles. The van der Waals surface area contributed by atoms with Crippen molar-refractivity contribution in [1.82, 2.24) is 9.62 Å². The Kier molecular flexibility index (Phi) is 4.56. The maximum atomic E-state index is 12.7. The minimum absolute atomic E-state index is 0.00166. The van der Waals surface area contributed by atoms with Gasteiger partial charge in [0, 0.05) is 23.6 Å². The fourth-order valence-corrected chi connectivity index (χ4v) is 4.47. The third-order valence-electron chi connectivity index (χ3n) is 4.13. The molecule has 1 heterocycles. The van der Waals surface area contributed by atoms with Crippen molar-refractivity contribution in [2.45, 2.75) is 36.6 Å². The summed E-state index contributed by atoms with van der Waals surface area (Å²) >= 11 is 3.30. The summed E-state index contributed by atoms with van der Waals surface area (Å²) in [7, 11) is -3.53. The van der Waals surface area contributed by atoms with Crippen LogP contribution in [0.5, 0.6) is 0 Å². The highest BCUT2D eigenvalue weighted by Crippen LogP contribution is 2.26. The van der Waals surface area contributed by atoms with Crippen LogP contribution in [0, 0.1) is 5.92 Å². The lowest BCUT2D eigenvalue weighted by molar-refractivity contribution is -0.126. The molecule has 1 aliphatic heterocycles. The van der Waals surface area contributed by atoms with Gasteiger partial charge in [-0.1, -0.05) is 15.9 Å². The molecule has 1 saturated heterocycles. The molecule has 1 amide bonds. The number of carbonyl (C=O) groups excluding carboxylic acids is 1. The van der Waals surface area contributed by atoms with Crippen LogP contribution in [0.4, 0.5) is 0 Å². The molecule has 1 aliphatic carbocycles. The lowest BCUT2D eigenvalue weighted by Gasteiger charge is -2.31. The van der Waals surface area contributed by atoms with E-state index in [4.69, 9.17) is 0 Å². The van der Waals surface area contributed by atoms with Crippen molar-refractivity contribution in [3.05, 3.63) is 28.7 Å². The van der Waals surface area contributed by atoms with Gasteiger partial charge in [-0.2, -0.15) is 4.31 Å². The zero-order chi connectivity index (χ0) is 15.7. The second kappa shape index (κ2) is 6.29. The summed E-state index contributed by atoms with van der Waals surface area (Å²) in [6.07, 6.45) is 3.56. The van der Waals surface area contributed by atoms with Crippen molar-refractivity contribution >= 4 is 31.9 Å². The lowest BCUT2D eigenvalue weighted by atomic mass is 9.99. The SMILES string of the molecule is O=C(NC1CC1)[C@@H]1CCCN(S(=O)(=O)c2ccc(Br)cc2)C1. The number of rotatable bonds is 4. The molecule has 3 rings (SSSR count). The Balaban J connectivity index is 1.72. The van der Waals surface area contributed by atoms with Gasteiger partial charge in [-0.05, 0) is 49.9 Å². The van der Waals surface area contributed by atoms with Crippen molar-refractivity contribution in [2.24, 2.45) is 5.92 Å². The van der Waals surface area contributed by atoms with E-state index in [1.54, 1.807) is 24.3 Å². The summed E-state index contributed by atoms with van der Waals surface area (Å²) in [5.41, 5.74) is 0. The molecular weight excluding hydrogens is 368 g/mol. The fraction of sp³-hybridized carbons (Fsp3) is 0.533. The van der Waals surface area contributed by atoms with Gasteiger partial charge in [-0.25, -0.2) is 8.42 Å². The molecule has 1 saturated carbocycles. The van der Waals surface area contributed by atoms with E-state index < -0.39 is 10.0 Å². The number of piperidine rings is 1. The van der Waals surface area contributed by atoms with E-state index in [-0.39, 0.29) is 23.3 Å². The predicted molar refractivity (Wildman–Crippen MR) is 86.8 cm³/mol. The molecule has 7 heteroatoms. The molecule has 0 bridgehead atoms. The normalized spacial score (nSPS) is 23.2. The van der Waals surface area contributed by atoms with Gasteiger partial charge in [-0.15, -0.1) is 0 Å². The van der Waals surface area contributed by atoms with Crippen LogP contribution < -0.4 is 5.32 Å². The number of hydrogen-bond donors (Lipinski definition) is 1. The highest BCUT2D eigenvalue weighted by molar-refractivity contribution is 9.10. The van der Waals surface area contributed by atoms with Crippen LogP contribution in [0.15, 0.2) is 33.6 Å². The van der Waals surface area contributed by atoms with Gasteiger partial charge < -0.3 is 5.32 Å². The first-order valence-electron chi connectivity index (χ1n) is 7.53. The van der Waals surface area contributed by atoms with Crippen LogP contribution in [-0.2, 0) is 14.8 Å². The van der Waals surface area contributed by atoms with Crippen LogP contribution in [-0.4, -0.2) is 37.8 Å². The zero-order valence-corrected chi connectivity index (χ0v) is 14.6. The smallest absolute Gasteiger partial charge is 0.243 e. The number of hydrogen-bond acceptors (Lipinski definition) is 3. The number of carbonyl (C=O) groups is 1. The van der Waals surface area contributed by atoms with E-state index in [2.05, 4.69) is 21.2 Å². The maximum absolute atomic E-state index is 12.7. The third kappa shape index (κ3) is 3.52. The van der Waals surface area contributed by atoms with E-state index in [1.165, 1.54) is 4.31 Å². The lowest BCUT2D eigenvalue weighted by Crippen LogP contribution is -2.45. The Morgan fingerprint density at radius 3 is 2.50 bits per heavy atom. The monoisotopic (exact) mass is 386 g/mol. The Morgan fingerprint density at radius 1 is 1.18 bits per heavy atom. The second-order valence-corrected chi connectivity index (χ2v) is 8.79. The first-order chi connectivity index (χ1) is 10.5. The molecule has 0 unspecified atom stereocenters. The van der Waals surface area contributed by atoms with Crippen molar-refractivity contribution in [3.63, 3.8) is 0 Å². The molecule has 1 N–H and O–H groups in total. The third-order valence-corrected chi connectivity index (χ3v) is 6.54. The molecular formula is C15H19BrN2O3S. The molecule has 2 aliphatic rings. The van der Waals surface area contributed by atoms with Gasteiger partial charge >= 0.3 is 0 Å². The largest absolute Gasteiger partial charge is 0.353 e. The summed E-state index contributed by atoms with van der Waals surface area (Å²) in [6.45, 7) is 0.753. The van der Waals surface area contributed by atoms with Crippen molar-refractivity contribution < 1.29 is 13.2 Å². The summed E-state index contributed by atoms with van der Waals surface area (Å²) in [5.74, 6) is -0.238. The van der Waals surface area contributed by atoms with Crippen LogP contribution in [0.25, 0.3) is 0 Å². The molecule has 1 atom stereocenters. The molecule has 22 heavy (non-hydrogen) atoms. The minimum Gasteiger partial charge on any atom is -0.353 e. The van der Waals surface area contributed by atoms with Crippen LogP contribution in [0.3, 0.4) is 0 Å². The highest BCUT2D eigenvalue weighted by atomic mass is 79.9. The first-order valence-corrected chi connectivity index (χ1v) is 9.76. The van der Waals surface area contributed by atoms with Crippen LogP contribution in [0.1, 0.15) is 25.7 Å². The quantitative estimate of drug-likeness (QED) is 0.861. The van der Waals surface area contributed by atoms with Gasteiger partial charge in [0.2, 0.25) is 15.9 Å². The maximum Gasteiger partial charge on any atom is 0.243 e. The Bertz CT molecular complexity index is 656. The van der Waals surface area contributed by atoms with Crippen molar-refractivity contribution in [3.8, 4) is 0 Å². The highest BCUT2D eigenvalue weighted by Gasteiger charge is 2.35. The Labute approximate surface area is 139 Å². The van der Waals surface area contributed by atoms with E-state index >= 15 is 0 Å². The molecule has 2 fully saturated rings. The van der Waals surface area contributed by atoms with Gasteiger partial charge in [-0.3, -0.25) is 4.79 Å². The minimum atomic E-state index is -3.53. The van der Waals surface area contributed by atoms with Gasteiger partial charge in [0.05, 0.1) is 10.8 Å². The Morgan fingerprint density at radius 2 is 1.86 bits per heavy atom. The van der Waals surface area contributed by atoms with E-state index in [9.17, 15) is 13.2 Å². The molecule has 5 nitrogen and oxygen atoms in total. The van der Waals surface area contributed by atoms with Crippen molar-refractivity contribution in [1.29, 1.82) is 0 Å². The first kappa shape index (κ1) is 16.0. The van der Waals surface area contributed by atoms with Gasteiger partial charge in [0.15, 0.2) is 0 Å². The zero-order valence-electron chi connectivity index (χ0n) is 12.2. The van der Waals surface area contributed by atoms with E-state index in [0.717, 1.165) is 30.2 Å². The summed E-state index contributed by atoms with van der Waals surface area (Å²) in [5, 5.41) is 2.98. The molecule has 0 spiro atoms. The summed E-state index contributed by atoms with van der Waals surface area (Å²) < 4.78 is 27.6. The standard InChI is InChI=1S/C15H19BrN2O3S/c16-12-3-7-14(8-4-12)22(20,21)18-9-1-2-11(10-18)15(19)17-13-5-6-13/h3-4,7-8,11,13H,1-2,5-6,9-10H2,(H,17,19)/t11-/m1/s1. The number of amides is 1. The predicted octanol–water partition coefficient (Wildman–Crippen LogP) is 2.13. The average Bonchev–Trinajstić information content (AvgIpc) is 3.32. The number of nitrogens with one attached hydrogen (secondary N) is 1. The van der Waals surface area contributed by atoms with E-state index in [1.807, 2.05) is 0 Å². The fourth-order valence-electron chi connectivity index (χ4n) is 2.68. The van der Waals surface area contributed by atoms with Crippen LogP contribution >= 0.6 is 15.9 Å². The number of nitrogens with zero attached hydrogens (tertiary/aromatic N) is 1. The second-order valence-electron chi connectivity index (χ2n) is 5.94. The molecule has 1 aromatic rings. The topological polar surface area (TPSA) is 66.5 Å². The van der Waals surface area contributed by atoms with Gasteiger partial charge in [0.1, 0.15) is 0 Å². The summed E-state index contributed by atoms with van der Waals surface area (Å²) in [4.78, 5) is 12.4. The van der Waals surface area contributed by atoms with E-state index in [0.29, 0.717) is 12.6 Å².